The maximum absolute atomic E-state index is 11.3. The van der Waals surface area contributed by atoms with E-state index in [4.69, 9.17) is 4.74 Å². The van der Waals surface area contributed by atoms with Crippen molar-refractivity contribution in [2.75, 3.05) is 52.5 Å². The normalized spacial score (nSPS) is 31.0. The molecule has 22 heavy (non-hydrogen) atoms. The molecule has 1 amide bonds. The molecule has 0 bridgehead atoms. The minimum absolute atomic E-state index is 0.236. The van der Waals surface area contributed by atoms with Gasteiger partial charge in [0.1, 0.15) is 0 Å². The summed E-state index contributed by atoms with van der Waals surface area (Å²) in [5.41, 5.74) is -0.236. The Kier molecular flexibility index (Phi) is 4.61. The molecule has 0 radical (unpaired) electrons. The molecule has 3 saturated heterocycles. The first-order chi connectivity index (χ1) is 10.5. The molecule has 0 saturated carbocycles. The fourth-order valence-electron chi connectivity index (χ4n) is 4.15. The highest BCUT2D eigenvalue weighted by molar-refractivity contribution is 5.66. The highest BCUT2D eigenvalue weighted by atomic mass is 16.5. The average molecular weight is 311 g/mol. The van der Waals surface area contributed by atoms with Gasteiger partial charge in [-0.25, -0.2) is 4.79 Å². The second-order valence-electron chi connectivity index (χ2n) is 7.63. The molecule has 0 unspecified atom stereocenters. The number of ether oxygens (including phenoxy) is 1. The quantitative estimate of drug-likeness (QED) is 0.848. The summed E-state index contributed by atoms with van der Waals surface area (Å²) in [5, 5.41) is 9.29. The number of carbonyl (C=O) groups is 1. The molecule has 6 heteroatoms. The molecule has 3 heterocycles. The van der Waals surface area contributed by atoms with Crippen molar-refractivity contribution in [2.45, 2.75) is 38.3 Å². The topological polar surface area (TPSA) is 56.2 Å². The molecule has 3 fully saturated rings. The zero-order valence-corrected chi connectivity index (χ0v) is 13.8. The van der Waals surface area contributed by atoms with Crippen molar-refractivity contribution in [3.05, 3.63) is 0 Å². The summed E-state index contributed by atoms with van der Waals surface area (Å²) in [6.45, 7) is 12.3. The highest BCUT2D eigenvalue weighted by Gasteiger charge is 2.38. The maximum Gasteiger partial charge on any atom is 0.407 e. The van der Waals surface area contributed by atoms with Gasteiger partial charge in [0.2, 0.25) is 0 Å². The van der Waals surface area contributed by atoms with E-state index in [0.29, 0.717) is 18.5 Å². The van der Waals surface area contributed by atoms with Crippen LogP contribution in [0.25, 0.3) is 0 Å². The summed E-state index contributed by atoms with van der Waals surface area (Å²) in [7, 11) is 0. The van der Waals surface area contributed by atoms with E-state index in [1.807, 2.05) is 0 Å². The number of carboxylic acid groups (broad SMARTS) is 1. The Labute approximate surface area is 133 Å². The van der Waals surface area contributed by atoms with Crippen LogP contribution in [0, 0.1) is 5.92 Å². The van der Waals surface area contributed by atoms with E-state index in [2.05, 4.69) is 23.6 Å². The van der Waals surface area contributed by atoms with Crippen LogP contribution in [0.2, 0.25) is 0 Å². The number of likely N-dealkylation sites (tertiary alicyclic amines) is 1. The number of amides is 1. The zero-order valence-electron chi connectivity index (χ0n) is 13.8. The van der Waals surface area contributed by atoms with E-state index >= 15 is 0 Å². The van der Waals surface area contributed by atoms with Crippen LogP contribution in [0.15, 0.2) is 0 Å². The predicted molar refractivity (Wildman–Crippen MR) is 84.2 cm³/mol. The Hall–Kier alpha value is -0.850. The van der Waals surface area contributed by atoms with Gasteiger partial charge in [-0.1, -0.05) is 0 Å². The van der Waals surface area contributed by atoms with Crippen molar-refractivity contribution in [3.63, 3.8) is 0 Å². The maximum atomic E-state index is 11.3. The van der Waals surface area contributed by atoms with Gasteiger partial charge in [-0.3, -0.25) is 4.90 Å². The molecule has 3 rings (SSSR count). The van der Waals surface area contributed by atoms with Crippen LogP contribution in [0.3, 0.4) is 0 Å². The minimum atomic E-state index is -0.778. The van der Waals surface area contributed by atoms with E-state index in [0.717, 1.165) is 58.8 Å². The SMILES string of the molecule is CC1(C)C[C@H](CN2CCN(C3COC3)CC2)CCN1C(=O)O. The van der Waals surface area contributed by atoms with Gasteiger partial charge in [-0.15, -0.1) is 0 Å². The Morgan fingerprint density at radius 2 is 1.86 bits per heavy atom. The fraction of sp³-hybridized carbons (Fsp3) is 0.938. The third-order valence-electron chi connectivity index (χ3n) is 5.57. The molecule has 6 nitrogen and oxygen atoms in total. The molecule has 0 aromatic carbocycles. The van der Waals surface area contributed by atoms with Gasteiger partial charge in [0, 0.05) is 44.8 Å². The third-order valence-corrected chi connectivity index (χ3v) is 5.57. The van der Waals surface area contributed by atoms with Crippen molar-refractivity contribution < 1.29 is 14.6 Å². The molecule has 0 aromatic heterocycles. The smallest absolute Gasteiger partial charge is 0.407 e. The van der Waals surface area contributed by atoms with Crippen LogP contribution in [0.5, 0.6) is 0 Å². The fourth-order valence-corrected chi connectivity index (χ4v) is 4.15. The number of hydrogen-bond acceptors (Lipinski definition) is 4. The molecule has 3 aliphatic rings. The summed E-state index contributed by atoms with van der Waals surface area (Å²) < 4.78 is 5.28. The molecule has 1 atom stereocenters. The molecule has 0 spiro atoms. The van der Waals surface area contributed by atoms with Gasteiger partial charge in [0.15, 0.2) is 0 Å². The van der Waals surface area contributed by atoms with Crippen LogP contribution >= 0.6 is 0 Å². The highest BCUT2D eigenvalue weighted by Crippen LogP contribution is 2.32. The largest absolute Gasteiger partial charge is 0.465 e. The van der Waals surface area contributed by atoms with Gasteiger partial charge in [0.25, 0.3) is 0 Å². The monoisotopic (exact) mass is 311 g/mol. The lowest BCUT2D eigenvalue weighted by Gasteiger charge is -2.47. The minimum Gasteiger partial charge on any atom is -0.465 e. The number of piperazine rings is 1. The summed E-state index contributed by atoms with van der Waals surface area (Å²) in [6, 6.07) is 0.653. The van der Waals surface area contributed by atoms with Crippen molar-refractivity contribution in [1.29, 1.82) is 0 Å². The number of hydrogen-bond donors (Lipinski definition) is 1. The Morgan fingerprint density at radius 1 is 1.18 bits per heavy atom. The van der Waals surface area contributed by atoms with Gasteiger partial charge in [-0.2, -0.15) is 0 Å². The van der Waals surface area contributed by atoms with Crippen LogP contribution in [-0.4, -0.2) is 90.0 Å². The first-order valence-electron chi connectivity index (χ1n) is 8.50. The number of piperidine rings is 1. The van der Waals surface area contributed by atoms with E-state index in [1.54, 1.807) is 4.90 Å². The van der Waals surface area contributed by atoms with Crippen LogP contribution in [-0.2, 0) is 4.74 Å². The predicted octanol–water partition coefficient (Wildman–Crippen LogP) is 1.17. The van der Waals surface area contributed by atoms with Gasteiger partial charge >= 0.3 is 6.09 Å². The van der Waals surface area contributed by atoms with E-state index in [1.165, 1.54) is 0 Å². The van der Waals surface area contributed by atoms with E-state index < -0.39 is 6.09 Å². The first kappa shape index (κ1) is 16.0. The molecular formula is C16H29N3O3. The lowest BCUT2D eigenvalue weighted by Crippen LogP contribution is -2.58. The third kappa shape index (κ3) is 3.39. The molecule has 3 aliphatic heterocycles. The van der Waals surface area contributed by atoms with Crippen molar-refractivity contribution >= 4 is 6.09 Å². The average Bonchev–Trinajstić information content (AvgIpc) is 2.37. The Balaban J connectivity index is 1.45. The standard InChI is InChI=1S/C16H29N3O3/c1-16(2)9-13(3-4-19(16)15(20)21)10-17-5-7-18(8-6-17)14-11-22-12-14/h13-14H,3-12H2,1-2H3,(H,20,21)/t13-/m1/s1. The van der Waals surface area contributed by atoms with Gasteiger partial charge in [0.05, 0.1) is 19.3 Å². The lowest BCUT2D eigenvalue weighted by atomic mass is 9.82. The zero-order chi connectivity index (χ0) is 15.7. The molecule has 0 aliphatic carbocycles. The Morgan fingerprint density at radius 3 is 2.36 bits per heavy atom. The number of nitrogens with zero attached hydrogens (tertiary/aromatic N) is 3. The second kappa shape index (κ2) is 6.34. The lowest BCUT2D eigenvalue weighted by molar-refractivity contribution is -0.0785. The molecule has 1 N–H and O–H groups in total. The molecule has 126 valence electrons. The Bertz CT molecular complexity index is 403. The summed E-state index contributed by atoms with van der Waals surface area (Å²) in [4.78, 5) is 18.0. The van der Waals surface area contributed by atoms with Gasteiger partial charge < -0.3 is 19.6 Å². The molecule has 0 aromatic rings. The van der Waals surface area contributed by atoms with Crippen LogP contribution in [0.1, 0.15) is 26.7 Å². The first-order valence-corrected chi connectivity index (χ1v) is 8.50. The van der Waals surface area contributed by atoms with Crippen molar-refractivity contribution in [2.24, 2.45) is 5.92 Å². The van der Waals surface area contributed by atoms with Crippen molar-refractivity contribution in [3.8, 4) is 0 Å². The summed E-state index contributed by atoms with van der Waals surface area (Å²) >= 11 is 0. The summed E-state index contributed by atoms with van der Waals surface area (Å²) in [5.74, 6) is 0.615. The second-order valence-corrected chi connectivity index (χ2v) is 7.63. The summed E-state index contributed by atoms with van der Waals surface area (Å²) in [6.07, 6.45) is 1.18. The van der Waals surface area contributed by atoms with E-state index in [9.17, 15) is 9.90 Å². The van der Waals surface area contributed by atoms with Gasteiger partial charge in [-0.05, 0) is 32.6 Å². The molecular weight excluding hydrogens is 282 g/mol. The van der Waals surface area contributed by atoms with Crippen LogP contribution in [0.4, 0.5) is 4.79 Å². The van der Waals surface area contributed by atoms with Crippen molar-refractivity contribution in [1.82, 2.24) is 14.7 Å². The van der Waals surface area contributed by atoms with E-state index in [-0.39, 0.29) is 5.54 Å². The number of rotatable bonds is 3. The van der Waals surface area contributed by atoms with Crippen LogP contribution < -0.4 is 0 Å².